The van der Waals surface area contributed by atoms with Gasteiger partial charge in [0.05, 0.1) is 6.54 Å². The van der Waals surface area contributed by atoms with Gasteiger partial charge in [-0.15, -0.1) is 0 Å². The fourth-order valence-corrected chi connectivity index (χ4v) is 2.42. The summed E-state index contributed by atoms with van der Waals surface area (Å²) < 4.78 is 5.85. The van der Waals surface area contributed by atoms with Crippen molar-refractivity contribution >= 4 is 0 Å². The van der Waals surface area contributed by atoms with Gasteiger partial charge in [-0.05, 0) is 66.1 Å². The van der Waals surface area contributed by atoms with Gasteiger partial charge in [0.25, 0.3) is 0 Å². The Morgan fingerprint density at radius 2 is 1.95 bits per heavy atom. The summed E-state index contributed by atoms with van der Waals surface area (Å²) in [6.45, 7) is 12.7. The van der Waals surface area contributed by atoms with Gasteiger partial charge in [-0.2, -0.15) is 0 Å². The van der Waals surface area contributed by atoms with Crippen LogP contribution in [0.3, 0.4) is 0 Å². The molecule has 0 aliphatic rings. The molecule has 4 nitrogen and oxygen atoms in total. The highest BCUT2D eigenvalue weighted by Crippen LogP contribution is 2.17. The number of hydrogen-bond acceptors (Lipinski definition) is 4. The van der Waals surface area contributed by atoms with Gasteiger partial charge >= 0.3 is 0 Å². The van der Waals surface area contributed by atoms with Crippen molar-refractivity contribution in [1.82, 2.24) is 15.1 Å². The average molecular weight is 295 g/mol. The van der Waals surface area contributed by atoms with Crippen molar-refractivity contribution in [2.75, 3.05) is 40.3 Å². The molecule has 1 rings (SSSR count). The normalized spacial score (nSPS) is 11.8. The fraction of sp³-hybridized carbons (Fsp3) is 0.765. The summed E-state index contributed by atoms with van der Waals surface area (Å²) in [5, 5.41) is 3.39. The first kappa shape index (κ1) is 18.2. The van der Waals surface area contributed by atoms with Crippen LogP contribution in [0.15, 0.2) is 10.5 Å². The molecular formula is C17H33N3O. The zero-order valence-corrected chi connectivity index (χ0v) is 14.5. The Morgan fingerprint density at radius 1 is 1.19 bits per heavy atom. The third kappa shape index (κ3) is 7.11. The third-order valence-corrected chi connectivity index (χ3v) is 3.72. The SMILES string of the molecule is CCCNCc1cc(CN(CC)CCCN(C)C)c(C)o1. The molecule has 0 bridgehead atoms. The van der Waals surface area contributed by atoms with Crippen LogP contribution < -0.4 is 5.32 Å². The average Bonchev–Trinajstić information content (AvgIpc) is 2.78. The van der Waals surface area contributed by atoms with Gasteiger partial charge in [-0.1, -0.05) is 13.8 Å². The zero-order valence-electron chi connectivity index (χ0n) is 14.5. The lowest BCUT2D eigenvalue weighted by Crippen LogP contribution is -2.27. The minimum atomic E-state index is 0.835. The van der Waals surface area contributed by atoms with E-state index in [4.69, 9.17) is 4.42 Å². The third-order valence-electron chi connectivity index (χ3n) is 3.72. The van der Waals surface area contributed by atoms with Crippen LogP contribution in [0.2, 0.25) is 0 Å². The Balaban J connectivity index is 2.47. The molecule has 0 amide bonds. The van der Waals surface area contributed by atoms with E-state index in [2.05, 4.69) is 56.0 Å². The maximum absolute atomic E-state index is 5.85. The molecule has 122 valence electrons. The Kier molecular flexibility index (Phi) is 8.66. The molecular weight excluding hydrogens is 262 g/mol. The Morgan fingerprint density at radius 3 is 2.57 bits per heavy atom. The number of aryl methyl sites for hydroxylation is 1. The summed E-state index contributed by atoms with van der Waals surface area (Å²) in [6, 6.07) is 2.21. The molecule has 0 aromatic carbocycles. The van der Waals surface area contributed by atoms with E-state index < -0.39 is 0 Å². The van der Waals surface area contributed by atoms with Crippen molar-refractivity contribution in [3.05, 3.63) is 23.2 Å². The van der Waals surface area contributed by atoms with Crippen molar-refractivity contribution < 1.29 is 4.42 Å². The van der Waals surface area contributed by atoms with Crippen LogP contribution >= 0.6 is 0 Å². The predicted molar refractivity (Wildman–Crippen MR) is 89.6 cm³/mol. The highest BCUT2D eigenvalue weighted by atomic mass is 16.3. The second kappa shape index (κ2) is 9.98. The first-order valence-corrected chi connectivity index (χ1v) is 8.22. The van der Waals surface area contributed by atoms with Crippen LogP contribution in [0.4, 0.5) is 0 Å². The van der Waals surface area contributed by atoms with E-state index in [-0.39, 0.29) is 0 Å². The van der Waals surface area contributed by atoms with Crippen LogP contribution in [0, 0.1) is 6.92 Å². The second-order valence-electron chi connectivity index (χ2n) is 6.00. The van der Waals surface area contributed by atoms with Crippen molar-refractivity contribution in [1.29, 1.82) is 0 Å². The molecule has 4 heteroatoms. The van der Waals surface area contributed by atoms with E-state index in [1.807, 2.05) is 0 Å². The first-order valence-electron chi connectivity index (χ1n) is 8.22. The Labute approximate surface area is 130 Å². The van der Waals surface area contributed by atoms with Crippen LogP contribution in [0.1, 0.15) is 43.8 Å². The van der Waals surface area contributed by atoms with Crippen LogP contribution in [-0.2, 0) is 13.1 Å². The predicted octanol–water partition coefficient (Wildman–Crippen LogP) is 2.86. The molecule has 0 saturated carbocycles. The lowest BCUT2D eigenvalue weighted by molar-refractivity contribution is 0.258. The molecule has 0 unspecified atom stereocenters. The summed E-state index contributed by atoms with van der Waals surface area (Å²) in [5.74, 6) is 2.12. The maximum Gasteiger partial charge on any atom is 0.118 e. The van der Waals surface area contributed by atoms with Crippen molar-refractivity contribution in [3.8, 4) is 0 Å². The Hall–Kier alpha value is -0.840. The minimum Gasteiger partial charge on any atom is -0.465 e. The van der Waals surface area contributed by atoms with Gasteiger partial charge in [0.15, 0.2) is 0 Å². The van der Waals surface area contributed by atoms with Crippen LogP contribution in [0.25, 0.3) is 0 Å². The van der Waals surface area contributed by atoms with Crippen LogP contribution in [0.5, 0.6) is 0 Å². The number of furan rings is 1. The molecule has 0 aliphatic carbocycles. The highest BCUT2D eigenvalue weighted by molar-refractivity contribution is 5.20. The monoisotopic (exact) mass is 295 g/mol. The maximum atomic E-state index is 5.85. The molecule has 0 saturated heterocycles. The quantitative estimate of drug-likeness (QED) is 0.636. The van der Waals surface area contributed by atoms with Gasteiger partial charge in [0.1, 0.15) is 11.5 Å². The van der Waals surface area contributed by atoms with Gasteiger partial charge in [0.2, 0.25) is 0 Å². The molecule has 1 heterocycles. The highest BCUT2D eigenvalue weighted by Gasteiger charge is 2.11. The van der Waals surface area contributed by atoms with Gasteiger partial charge < -0.3 is 14.6 Å². The van der Waals surface area contributed by atoms with E-state index in [0.717, 1.165) is 57.2 Å². The number of nitrogens with zero attached hydrogens (tertiary/aromatic N) is 2. The first-order chi connectivity index (χ1) is 10.1. The molecule has 1 aromatic heterocycles. The van der Waals surface area contributed by atoms with E-state index in [0.29, 0.717) is 0 Å². The molecule has 1 aromatic rings. The van der Waals surface area contributed by atoms with Crippen molar-refractivity contribution in [2.45, 2.75) is 46.7 Å². The molecule has 0 spiro atoms. The summed E-state index contributed by atoms with van der Waals surface area (Å²) in [7, 11) is 4.26. The molecule has 0 fully saturated rings. The standard InChI is InChI=1S/C17H33N3O/c1-6-9-18-13-17-12-16(15(3)21-17)14-20(7-2)11-8-10-19(4)5/h12,18H,6-11,13-14H2,1-5H3. The van der Waals surface area contributed by atoms with Crippen molar-refractivity contribution in [3.63, 3.8) is 0 Å². The number of rotatable bonds is 11. The molecule has 1 N–H and O–H groups in total. The number of hydrogen-bond donors (Lipinski definition) is 1. The summed E-state index contributed by atoms with van der Waals surface area (Å²) in [4.78, 5) is 4.74. The van der Waals surface area contributed by atoms with Gasteiger partial charge in [-0.3, -0.25) is 4.90 Å². The summed E-state index contributed by atoms with van der Waals surface area (Å²) in [5.41, 5.74) is 1.33. The summed E-state index contributed by atoms with van der Waals surface area (Å²) in [6.07, 6.45) is 2.37. The minimum absolute atomic E-state index is 0.835. The Bertz CT molecular complexity index is 387. The second-order valence-corrected chi connectivity index (χ2v) is 6.00. The summed E-state index contributed by atoms with van der Waals surface area (Å²) >= 11 is 0. The molecule has 0 atom stereocenters. The topological polar surface area (TPSA) is 31.6 Å². The fourth-order valence-electron chi connectivity index (χ4n) is 2.42. The molecule has 21 heavy (non-hydrogen) atoms. The van der Waals surface area contributed by atoms with Gasteiger partial charge in [0, 0.05) is 12.1 Å². The smallest absolute Gasteiger partial charge is 0.118 e. The molecule has 0 radical (unpaired) electrons. The lowest BCUT2D eigenvalue weighted by Gasteiger charge is -2.21. The van der Waals surface area contributed by atoms with E-state index in [1.54, 1.807) is 0 Å². The lowest BCUT2D eigenvalue weighted by atomic mass is 10.2. The van der Waals surface area contributed by atoms with E-state index >= 15 is 0 Å². The van der Waals surface area contributed by atoms with Gasteiger partial charge in [-0.25, -0.2) is 0 Å². The van der Waals surface area contributed by atoms with E-state index in [1.165, 1.54) is 12.0 Å². The van der Waals surface area contributed by atoms with E-state index in [9.17, 15) is 0 Å². The number of nitrogens with one attached hydrogen (secondary N) is 1. The zero-order chi connectivity index (χ0) is 15.7. The molecule has 0 aliphatic heterocycles. The largest absolute Gasteiger partial charge is 0.465 e. The van der Waals surface area contributed by atoms with Crippen molar-refractivity contribution in [2.24, 2.45) is 0 Å². The van der Waals surface area contributed by atoms with Crippen LogP contribution in [-0.4, -0.2) is 50.1 Å².